The summed E-state index contributed by atoms with van der Waals surface area (Å²) in [5.74, 6) is -0.377. The number of rotatable bonds is 7. The third-order valence-electron chi connectivity index (χ3n) is 6.02. The van der Waals surface area contributed by atoms with Crippen LogP contribution in [0, 0.1) is 12.7 Å². The molecule has 1 aliphatic rings. The number of halogens is 1. The standard InChI is InChI=1S/C28H24FN5O2S/c1-17-12-14-19(15-13-17)23(35)16-37-28-32-27-30-18(2)24(26(36)31-20-8-4-3-5-9-20)25(34(27)33-28)21-10-6-7-11-22(21)29/h3-15,25H,16H2,1-2H3,(H,31,36)(H,30,32,33). The second kappa shape index (κ2) is 10.4. The Labute approximate surface area is 217 Å². The smallest absolute Gasteiger partial charge is 0.255 e. The van der Waals surface area contributed by atoms with Crippen LogP contribution in [0.2, 0.25) is 0 Å². The van der Waals surface area contributed by atoms with E-state index >= 15 is 4.39 Å². The number of para-hydroxylation sites is 1. The number of carbonyl (C=O) groups is 2. The number of fused-ring (bicyclic) bond motifs is 1. The highest BCUT2D eigenvalue weighted by molar-refractivity contribution is 7.99. The van der Waals surface area contributed by atoms with Crippen LogP contribution in [0.3, 0.4) is 0 Å². The number of amides is 1. The first-order valence-corrected chi connectivity index (χ1v) is 12.7. The van der Waals surface area contributed by atoms with E-state index < -0.39 is 11.9 Å². The van der Waals surface area contributed by atoms with Crippen LogP contribution in [0.4, 0.5) is 16.0 Å². The molecule has 1 aromatic heterocycles. The molecule has 0 aliphatic carbocycles. The van der Waals surface area contributed by atoms with Crippen molar-refractivity contribution in [3.63, 3.8) is 0 Å². The van der Waals surface area contributed by atoms with Crippen molar-refractivity contribution in [2.75, 3.05) is 16.4 Å². The number of anilines is 2. The zero-order chi connectivity index (χ0) is 25.9. The van der Waals surface area contributed by atoms with Gasteiger partial charge in [0.2, 0.25) is 11.1 Å². The van der Waals surface area contributed by atoms with Crippen LogP contribution in [0.25, 0.3) is 0 Å². The molecule has 0 spiro atoms. The van der Waals surface area contributed by atoms with E-state index in [1.54, 1.807) is 49.4 Å². The molecule has 7 nitrogen and oxygen atoms in total. The van der Waals surface area contributed by atoms with E-state index in [0.29, 0.717) is 39.2 Å². The number of aromatic nitrogens is 3. The topological polar surface area (TPSA) is 88.9 Å². The third kappa shape index (κ3) is 5.17. The maximum Gasteiger partial charge on any atom is 0.255 e. The summed E-state index contributed by atoms with van der Waals surface area (Å²) in [6, 6.07) is 21.9. The SMILES string of the molecule is CC1=C(C(=O)Nc2ccccc2)C(c2ccccc2F)n2nc(SCC(=O)c3ccc(C)cc3)nc2N1. The Balaban J connectivity index is 1.46. The molecule has 0 saturated carbocycles. The van der Waals surface area contributed by atoms with Crippen LogP contribution in [-0.2, 0) is 4.79 Å². The predicted octanol–water partition coefficient (Wildman–Crippen LogP) is 5.63. The molecule has 9 heteroatoms. The summed E-state index contributed by atoms with van der Waals surface area (Å²) in [6.07, 6.45) is 0. The first-order chi connectivity index (χ1) is 17.9. The minimum Gasteiger partial charge on any atom is -0.328 e. The number of nitrogens with one attached hydrogen (secondary N) is 2. The molecule has 1 amide bonds. The van der Waals surface area contributed by atoms with E-state index in [9.17, 15) is 9.59 Å². The average molecular weight is 514 g/mol. The Kier molecular flexibility index (Phi) is 6.87. The highest BCUT2D eigenvalue weighted by atomic mass is 32.2. The van der Waals surface area contributed by atoms with E-state index in [4.69, 9.17) is 0 Å². The van der Waals surface area contributed by atoms with Crippen molar-refractivity contribution in [1.29, 1.82) is 0 Å². The fraction of sp³-hybridized carbons (Fsp3) is 0.143. The number of carbonyl (C=O) groups excluding carboxylic acids is 2. The highest BCUT2D eigenvalue weighted by Gasteiger charge is 2.35. The Morgan fingerprint density at radius 1 is 1.00 bits per heavy atom. The number of ketones is 1. The van der Waals surface area contributed by atoms with Gasteiger partial charge < -0.3 is 10.6 Å². The first kappa shape index (κ1) is 24.5. The minimum absolute atomic E-state index is 0.0476. The first-order valence-electron chi connectivity index (χ1n) is 11.7. The summed E-state index contributed by atoms with van der Waals surface area (Å²) in [4.78, 5) is 30.6. The summed E-state index contributed by atoms with van der Waals surface area (Å²) >= 11 is 1.19. The molecule has 1 atom stereocenters. The number of aryl methyl sites for hydroxylation is 1. The van der Waals surface area contributed by atoms with Gasteiger partial charge in [0, 0.05) is 22.5 Å². The van der Waals surface area contributed by atoms with Gasteiger partial charge in [-0.15, -0.1) is 5.10 Å². The third-order valence-corrected chi connectivity index (χ3v) is 6.85. The molecule has 1 unspecified atom stereocenters. The monoisotopic (exact) mass is 513 g/mol. The lowest BCUT2D eigenvalue weighted by Crippen LogP contribution is -2.32. The van der Waals surface area contributed by atoms with Gasteiger partial charge in [-0.3, -0.25) is 9.59 Å². The lowest BCUT2D eigenvalue weighted by atomic mass is 9.94. The lowest BCUT2D eigenvalue weighted by molar-refractivity contribution is -0.113. The second-order valence-electron chi connectivity index (χ2n) is 8.65. The summed E-state index contributed by atoms with van der Waals surface area (Å²) in [5, 5.41) is 10.9. The normalized spacial score (nSPS) is 14.6. The molecule has 0 fully saturated rings. The van der Waals surface area contributed by atoms with Crippen molar-refractivity contribution >= 4 is 35.1 Å². The molecule has 2 N–H and O–H groups in total. The van der Waals surface area contributed by atoms with E-state index in [2.05, 4.69) is 20.7 Å². The van der Waals surface area contributed by atoms with Gasteiger partial charge in [-0.1, -0.05) is 78.0 Å². The zero-order valence-corrected chi connectivity index (χ0v) is 21.1. The van der Waals surface area contributed by atoms with Crippen molar-refractivity contribution in [1.82, 2.24) is 14.8 Å². The van der Waals surface area contributed by atoms with E-state index in [1.165, 1.54) is 22.5 Å². The van der Waals surface area contributed by atoms with Crippen molar-refractivity contribution in [2.45, 2.75) is 25.0 Å². The summed E-state index contributed by atoms with van der Waals surface area (Å²) in [7, 11) is 0. The summed E-state index contributed by atoms with van der Waals surface area (Å²) in [6.45, 7) is 3.71. The molecule has 1 aliphatic heterocycles. The number of allylic oxidation sites excluding steroid dienone is 1. The van der Waals surface area contributed by atoms with Crippen molar-refractivity contribution in [3.05, 3.63) is 113 Å². The number of nitrogens with zero attached hydrogens (tertiary/aromatic N) is 3. The molecule has 5 rings (SSSR count). The van der Waals surface area contributed by atoms with Crippen LogP contribution in [-0.4, -0.2) is 32.2 Å². The van der Waals surface area contributed by atoms with E-state index in [1.807, 2.05) is 37.3 Å². The number of hydrogen-bond acceptors (Lipinski definition) is 6. The van der Waals surface area contributed by atoms with Gasteiger partial charge >= 0.3 is 0 Å². The Hall–Kier alpha value is -4.24. The number of benzene rings is 3. The van der Waals surface area contributed by atoms with Gasteiger partial charge in [0.15, 0.2) is 5.78 Å². The Morgan fingerprint density at radius 3 is 2.43 bits per heavy atom. The molecule has 37 heavy (non-hydrogen) atoms. The second-order valence-corrected chi connectivity index (χ2v) is 9.59. The molecule has 2 heterocycles. The maximum absolute atomic E-state index is 15.0. The summed E-state index contributed by atoms with van der Waals surface area (Å²) < 4.78 is 16.6. The molecule has 0 saturated heterocycles. The van der Waals surface area contributed by atoms with Gasteiger partial charge in [-0.25, -0.2) is 9.07 Å². The number of thioether (sulfide) groups is 1. The largest absolute Gasteiger partial charge is 0.328 e. The fourth-order valence-electron chi connectivity index (χ4n) is 4.14. The van der Waals surface area contributed by atoms with Crippen LogP contribution < -0.4 is 10.6 Å². The molecule has 0 bridgehead atoms. The van der Waals surface area contributed by atoms with Crippen molar-refractivity contribution < 1.29 is 14.0 Å². The van der Waals surface area contributed by atoms with Gasteiger partial charge in [0.05, 0.1) is 11.3 Å². The van der Waals surface area contributed by atoms with Crippen LogP contribution >= 0.6 is 11.8 Å². The average Bonchev–Trinajstić information content (AvgIpc) is 3.30. The number of hydrogen-bond donors (Lipinski definition) is 2. The van der Waals surface area contributed by atoms with Gasteiger partial charge in [-0.05, 0) is 32.0 Å². The van der Waals surface area contributed by atoms with Crippen molar-refractivity contribution in [3.8, 4) is 0 Å². The van der Waals surface area contributed by atoms with Crippen LogP contribution in [0.1, 0.15) is 34.5 Å². The van der Waals surface area contributed by atoms with Crippen LogP contribution in [0.15, 0.2) is 95.3 Å². The molecule has 0 radical (unpaired) electrons. The van der Waals surface area contributed by atoms with Gasteiger partial charge in [-0.2, -0.15) is 4.98 Å². The van der Waals surface area contributed by atoms with Crippen LogP contribution in [0.5, 0.6) is 0 Å². The van der Waals surface area contributed by atoms with Gasteiger partial charge in [0.25, 0.3) is 5.91 Å². The Bertz CT molecular complexity index is 1500. The molecule has 4 aromatic rings. The molecular formula is C28H24FN5O2S. The summed E-state index contributed by atoms with van der Waals surface area (Å²) in [5.41, 5.74) is 3.46. The quantitative estimate of drug-likeness (QED) is 0.246. The predicted molar refractivity (Wildman–Crippen MR) is 142 cm³/mol. The van der Waals surface area contributed by atoms with Crippen molar-refractivity contribution in [2.24, 2.45) is 0 Å². The van der Waals surface area contributed by atoms with Gasteiger partial charge in [0.1, 0.15) is 11.9 Å². The molecular weight excluding hydrogens is 489 g/mol. The fourth-order valence-corrected chi connectivity index (χ4v) is 4.87. The Morgan fingerprint density at radius 2 is 1.70 bits per heavy atom. The maximum atomic E-state index is 15.0. The number of Topliss-reactive ketones (excluding diaryl/α,β-unsaturated/α-hetero) is 1. The lowest BCUT2D eigenvalue weighted by Gasteiger charge is -2.28. The minimum atomic E-state index is -0.851. The molecule has 186 valence electrons. The van der Waals surface area contributed by atoms with E-state index in [0.717, 1.165) is 5.56 Å². The van der Waals surface area contributed by atoms with E-state index in [-0.39, 0.29) is 17.4 Å². The molecule has 3 aromatic carbocycles. The zero-order valence-electron chi connectivity index (χ0n) is 20.2. The highest BCUT2D eigenvalue weighted by Crippen LogP contribution is 2.37.